The highest BCUT2D eigenvalue weighted by Crippen LogP contribution is 2.21. The van der Waals surface area contributed by atoms with E-state index in [4.69, 9.17) is 4.74 Å². The molecule has 34 heavy (non-hydrogen) atoms. The van der Waals surface area contributed by atoms with E-state index in [-0.39, 0.29) is 23.8 Å². The lowest BCUT2D eigenvalue weighted by Gasteiger charge is -2.27. The Hall–Kier alpha value is -3.43. The summed E-state index contributed by atoms with van der Waals surface area (Å²) in [6.07, 6.45) is 0.679. The monoisotopic (exact) mass is 478 g/mol. The summed E-state index contributed by atoms with van der Waals surface area (Å²) >= 11 is 1.15. The van der Waals surface area contributed by atoms with E-state index in [0.29, 0.717) is 34.9 Å². The van der Waals surface area contributed by atoms with E-state index < -0.39 is 5.97 Å². The Bertz CT molecular complexity index is 1230. The maximum atomic E-state index is 12.7. The van der Waals surface area contributed by atoms with Crippen molar-refractivity contribution < 1.29 is 14.3 Å². The molecule has 176 valence electrons. The highest BCUT2D eigenvalue weighted by molar-refractivity contribution is 7.99. The van der Waals surface area contributed by atoms with Crippen molar-refractivity contribution in [1.82, 2.24) is 14.9 Å². The molecule has 0 spiro atoms. The number of aromatic nitrogens is 2. The van der Waals surface area contributed by atoms with Crippen LogP contribution >= 0.6 is 11.8 Å². The number of carbonyl (C=O) groups is 2. The number of nitrogens with one attached hydrogen (secondary N) is 2. The second-order valence-electron chi connectivity index (χ2n) is 7.85. The van der Waals surface area contributed by atoms with E-state index >= 15 is 0 Å². The van der Waals surface area contributed by atoms with Gasteiger partial charge in [0.1, 0.15) is 0 Å². The number of benzene rings is 2. The molecule has 0 fully saturated rings. The van der Waals surface area contributed by atoms with Crippen molar-refractivity contribution in [2.24, 2.45) is 0 Å². The minimum absolute atomic E-state index is 0.0407. The summed E-state index contributed by atoms with van der Waals surface area (Å²) in [5.41, 5.74) is 3.18. The molecule has 1 amide bonds. The van der Waals surface area contributed by atoms with Gasteiger partial charge in [-0.2, -0.15) is 0 Å². The molecule has 0 unspecified atom stereocenters. The highest BCUT2D eigenvalue weighted by Gasteiger charge is 2.22. The van der Waals surface area contributed by atoms with Gasteiger partial charge in [0.25, 0.3) is 5.56 Å². The molecule has 3 aromatic rings. The smallest absolute Gasteiger partial charge is 0.340 e. The number of rotatable bonds is 8. The summed E-state index contributed by atoms with van der Waals surface area (Å²) in [7, 11) is 0. The van der Waals surface area contributed by atoms with Gasteiger partial charge in [-0.15, -0.1) is 0 Å². The van der Waals surface area contributed by atoms with Gasteiger partial charge in [0.15, 0.2) is 5.16 Å². The third kappa shape index (κ3) is 5.92. The van der Waals surface area contributed by atoms with E-state index in [1.54, 1.807) is 31.2 Å². The van der Waals surface area contributed by atoms with Gasteiger partial charge in [0.05, 0.1) is 34.9 Å². The number of para-hydroxylation sites is 1. The van der Waals surface area contributed by atoms with Gasteiger partial charge in [0.2, 0.25) is 5.91 Å². The normalized spacial score (nSPS) is 13.2. The van der Waals surface area contributed by atoms with Crippen LogP contribution in [0.1, 0.15) is 34.1 Å². The van der Waals surface area contributed by atoms with Gasteiger partial charge in [0, 0.05) is 26.1 Å². The fraction of sp³-hybridized carbons (Fsp3) is 0.280. The molecule has 2 N–H and O–H groups in total. The summed E-state index contributed by atoms with van der Waals surface area (Å²) in [5.74, 6) is -0.761. The molecule has 2 heterocycles. The third-order valence-electron chi connectivity index (χ3n) is 5.41. The zero-order valence-electron chi connectivity index (χ0n) is 18.9. The molecule has 0 saturated carbocycles. The number of fused-ring (bicyclic) bond motifs is 1. The topological polar surface area (TPSA) is 104 Å². The fourth-order valence-corrected chi connectivity index (χ4v) is 4.48. The highest BCUT2D eigenvalue weighted by atomic mass is 32.2. The number of thioether (sulfide) groups is 1. The van der Waals surface area contributed by atoms with Gasteiger partial charge in [-0.05, 0) is 24.6 Å². The van der Waals surface area contributed by atoms with Crippen molar-refractivity contribution in [3.05, 3.63) is 87.3 Å². The second-order valence-corrected chi connectivity index (χ2v) is 8.81. The average Bonchev–Trinajstić information content (AvgIpc) is 2.84. The van der Waals surface area contributed by atoms with E-state index in [1.165, 1.54) is 5.56 Å². The predicted octanol–water partition coefficient (Wildman–Crippen LogP) is 3.24. The molecule has 0 saturated heterocycles. The van der Waals surface area contributed by atoms with Gasteiger partial charge in [-0.1, -0.05) is 54.2 Å². The number of anilines is 1. The van der Waals surface area contributed by atoms with Crippen molar-refractivity contribution in [3.8, 4) is 0 Å². The number of hydrogen-bond acceptors (Lipinski definition) is 7. The van der Waals surface area contributed by atoms with Crippen molar-refractivity contribution in [2.75, 3.05) is 24.2 Å². The molecule has 0 atom stereocenters. The standard InChI is InChI=1S/C25H26N4O4S/c1-2-33-24(32)18-10-6-7-11-20(18)26-22(30)16-34-25-27-21-12-13-29(15-19(21)23(31)28-25)14-17-8-4-3-5-9-17/h3-11H,2,12-16H2,1H3,(H,26,30)(H,27,28,31). The number of nitrogens with zero attached hydrogens (tertiary/aromatic N) is 2. The van der Waals surface area contributed by atoms with Crippen LogP contribution in [0.4, 0.5) is 5.69 Å². The number of H-pyrrole nitrogens is 1. The summed E-state index contributed by atoms with van der Waals surface area (Å²) in [5, 5.41) is 3.15. The molecule has 1 aliphatic heterocycles. The molecular formula is C25H26N4O4S. The van der Waals surface area contributed by atoms with Gasteiger partial charge >= 0.3 is 5.97 Å². The van der Waals surface area contributed by atoms with E-state index in [2.05, 4.69) is 32.3 Å². The van der Waals surface area contributed by atoms with Crippen LogP contribution in [-0.2, 0) is 29.0 Å². The SMILES string of the molecule is CCOC(=O)c1ccccc1NC(=O)CSc1nc2c(c(=O)[nH]1)CN(Cc1ccccc1)CC2. The summed E-state index contributed by atoms with van der Waals surface area (Å²) < 4.78 is 5.04. The Balaban J connectivity index is 1.37. The van der Waals surface area contributed by atoms with E-state index in [0.717, 1.165) is 30.5 Å². The number of hydrogen-bond donors (Lipinski definition) is 2. The molecule has 1 aromatic heterocycles. The maximum Gasteiger partial charge on any atom is 0.340 e. The maximum absolute atomic E-state index is 12.7. The number of amides is 1. The van der Waals surface area contributed by atoms with Crippen LogP contribution in [0.15, 0.2) is 64.5 Å². The first kappa shape index (κ1) is 23.7. The molecule has 9 heteroatoms. The summed E-state index contributed by atoms with van der Waals surface area (Å²) in [6.45, 7) is 4.11. The lowest BCUT2D eigenvalue weighted by molar-refractivity contribution is -0.113. The number of ether oxygens (including phenoxy) is 1. The van der Waals surface area contributed by atoms with Crippen LogP contribution < -0.4 is 10.9 Å². The van der Waals surface area contributed by atoms with Crippen LogP contribution in [0.25, 0.3) is 0 Å². The molecule has 0 bridgehead atoms. The number of carbonyl (C=O) groups excluding carboxylic acids is 2. The Labute approximate surface area is 201 Å². The zero-order valence-corrected chi connectivity index (χ0v) is 19.7. The summed E-state index contributed by atoms with van der Waals surface area (Å²) in [4.78, 5) is 46.9. The zero-order chi connectivity index (χ0) is 23.9. The molecule has 0 aliphatic carbocycles. The van der Waals surface area contributed by atoms with Crippen molar-refractivity contribution >= 4 is 29.3 Å². The molecule has 2 aromatic carbocycles. The molecule has 0 radical (unpaired) electrons. The number of esters is 1. The molecule has 1 aliphatic rings. The Morgan fingerprint density at radius 2 is 1.91 bits per heavy atom. The van der Waals surface area contributed by atoms with Gasteiger partial charge in [-0.3, -0.25) is 14.5 Å². The number of aromatic amines is 1. The van der Waals surface area contributed by atoms with Crippen molar-refractivity contribution in [2.45, 2.75) is 31.6 Å². The molecule has 8 nitrogen and oxygen atoms in total. The van der Waals surface area contributed by atoms with E-state index in [9.17, 15) is 14.4 Å². The Morgan fingerprint density at radius 3 is 2.71 bits per heavy atom. The van der Waals surface area contributed by atoms with Crippen LogP contribution in [0.3, 0.4) is 0 Å². The van der Waals surface area contributed by atoms with Gasteiger partial charge < -0.3 is 15.0 Å². The quantitative estimate of drug-likeness (QED) is 0.291. The predicted molar refractivity (Wildman–Crippen MR) is 131 cm³/mol. The van der Waals surface area contributed by atoms with Crippen LogP contribution in [-0.4, -0.2) is 45.6 Å². The lowest BCUT2D eigenvalue weighted by Crippen LogP contribution is -2.35. The first-order chi connectivity index (χ1) is 16.5. The largest absolute Gasteiger partial charge is 0.462 e. The van der Waals surface area contributed by atoms with Crippen LogP contribution in [0.5, 0.6) is 0 Å². The second kappa shape index (κ2) is 11.1. The van der Waals surface area contributed by atoms with Crippen LogP contribution in [0, 0.1) is 0 Å². The van der Waals surface area contributed by atoms with Gasteiger partial charge in [-0.25, -0.2) is 9.78 Å². The minimum atomic E-state index is -0.493. The Morgan fingerprint density at radius 1 is 1.15 bits per heavy atom. The van der Waals surface area contributed by atoms with Crippen molar-refractivity contribution in [3.63, 3.8) is 0 Å². The fourth-order valence-electron chi connectivity index (χ4n) is 3.80. The first-order valence-corrected chi connectivity index (χ1v) is 12.1. The van der Waals surface area contributed by atoms with E-state index in [1.807, 2.05) is 18.2 Å². The minimum Gasteiger partial charge on any atom is -0.462 e. The summed E-state index contributed by atoms with van der Waals surface area (Å²) in [6, 6.07) is 16.9. The van der Waals surface area contributed by atoms with Crippen molar-refractivity contribution in [1.29, 1.82) is 0 Å². The Kier molecular flexibility index (Phi) is 7.76. The third-order valence-corrected chi connectivity index (χ3v) is 6.28. The average molecular weight is 479 g/mol. The molecule has 4 rings (SSSR count). The van der Waals surface area contributed by atoms with Crippen LogP contribution in [0.2, 0.25) is 0 Å². The molecular weight excluding hydrogens is 452 g/mol. The first-order valence-electron chi connectivity index (χ1n) is 11.1. The lowest BCUT2D eigenvalue weighted by atomic mass is 10.1.